The summed E-state index contributed by atoms with van der Waals surface area (Å²) in [5.41, 5.74) is 9.54. The van der Waals surface area contributed by atoms with E-state index >= 15 is 0 Å². The van der Waals surface area contributed by atoms with Gasteiger partial charge in [-0.25, -0.2) is 9.98 Å². The van der Waals surface area contributed by atoms with Crippen molar-refractivity contribution in [1.29, 1.82) is 0 Å². The minimum Gasteiger partial charge on any atom is -0.370 e. The van der Waals surface area contributed by atoms with Crippen LogP contribution in [0.2, 0.25) is 0 Å². The number of thiazole rings is 1. The van der Waals surface area contributed by atoms with Gasteiger partial charge in [0.2, 0.25) is 0 Å². The Morgan fingerprint density at radius 1 is 1.73 bits per heavy atom. The summed E-state index contributed by atoms with van der Waals surface area (Å²) in [5, 5.41) is 2.98. The van der Waals surface area contributed by atoms with Crippen LogP contribution in [0.4, 0.5) is 0 Å². The predicted octanol–water partition coefficient (Wildman–Crippen LogP) is 1.43. The van der Waals surface area contributed by atoms with E-state index in [1.54, 1.807) is 11.3 Å². The van der Waals surface area contributed by atoms with Gasteiger partial charge in [-0.1, -0.05) is 12.2 Å². The number of nitrogens with zero attached hydrogens (tertiary/aromatic N) is 2. The molecule has 3 N–H and O–H groups in total. The molecule has 0 bridgehead atoms. The Morgan fingerprint density at radius 3 is 3.00 bits per heavy atom. The molecule has 0 amide bonds. The molecule has 0 aliphatic heterocycles. The number of hydrogen-bond donors (Lipinski definition) is 2. The standard InChI is InChI=1S/C10H16N4S/c1-7(2)4-12-10(11)13-5-9-8(3)14-6-15-9/h6H,1,4-5H2,2-3H3,(H3,11,12,13). The molecule has 5 heteroatoms. The van der Waals surface area contributed by atoms with Crippen molar-refractivity contribution >= 4 is 17.3 Å². The zero-order chi connectivity index (χ0) is 11.3. The molecule has 15 heavy (non-hydrogen) atoms. The van der Waals surface area contributed by atoms with E-state index < -0.39 is 0 Å². The van der Waals surface area contributed by atoms with Crippen LogP contribution >= 0.6 is 11.3 Å². The van der Waals surface area contributed by atoms with E-state index in [1.165, 1.54) is 0 Å². The summed E-state index contributed by atoms with van der Waals surface area (Å²) < 4.78 is 0. The van der Waals surface area contributed by atoms with Gasteiger partial charge in [-0.15, -0.1) is 11.3 Å². The van der Waals surface area contributed by atoms with Crippen molar-refractivity contribution in [3.05, 3.63) is 28.2 Å². The lowest BCUT2D eigenvalue weighted by atomic mass is 10.3. The van der Waals surface area contributed by atoms with Gasteiger partial charge in [-0.2, -0.15) is 0 Å². The maximum Gasteiger partial charge on any atom is 0.189 e. The van der Waals surface area contributed by atoms with Crippen LogP contribution in [0.5, 0.6) is 0 Å². The Balaban J connectivity index is 2.44. The highest BCUT2D eigenvalue weighted by Gasteiger charge is 1.99. The summed E-state index contributed by atoms with van der Waals surface area (Å²) in [4.78, 5) is 9.50. The SMILES string of the molecule is C=C(C)CNC(N)=NCc1scnc1C. The molecule has 1 rings (SSSR count). The summed E-state index contributed by atoms with van der Waals surface area (Å²) in [7, 11) is 0. The largest absolute Gasteiger partial charge is 0.370 e. The number of nitrogens with one attached hydrogen (secondary N) is 1. The summed E-state index contributed by atoms with van der Waals surface area (Å²) in [5.74, 6) is 0.450. The number of rotatable bonds is 4. The van der Waals surface area contributed by atoms with Gasteiger partial charge < -0.3 is 11.1 Å². The summed E-state index contributed by atoms with van der Waals surface area (Å²) in [6.07, 6.45) is 0. The van der Waals surface area contributed by atoms with E-state index in [4.69, 9.17) is 5.73 Å². The molecule has 0 saturated carbocycles. The van der Waals surface area contributed by atoms with Crippen LogP contribution in [-0.4, -0.2) is 17.5 Å². The van der Waals surface area contributed by atoms with Crippen LogP contribution in [0.25, 0.3) is 0 Å². The first-order valence-corrected chi connectivity index (χ1v) is 5.54. The molecule has 1 heterocycles. The first-order valence-electron chi connectivity index (χ1n) is 4.66. The first kappa shape index (κ1) is 11.7. The van der Waals surface area contributed by atoms with Crippen molar-refractivity contribution in [2.75, 3.05) is 6.54 Å². The molecule has 0 aromatic carbocycles. The lowest BCUT2D eigenvalue weighted by Crippen LogP contribution is -2.32. The molecule has 0 aliphatic rings. The zero-order valence-electron chi connectivity index (χ0n) is 9.08. The Hall–Kier alpha value is -1.36. The van der Waals surface area contributed by atoms with Crippen LogP contribution < -0.4 is 11.1 Å². The molecule has 82 valence electrons. The average molecular weight is 224 g/mol. The second-order valence-electron chi connectivity index (χ2n) is 3.37. The van der Waals surface area contributed by atoms with Gasteiger partial charge in [0.1, 0.15) is 0 Å². The molecule has 0 aliphatic carbocycles. The molecular weight excluding hydrogens is 208 g/mol. The van der Waals surface area contributed by atoms with Crippen LogP contribution in [0.3, 0.4) is 0 Å². The van der Waals surface area contributed by atoms with E-state index in [1.807, 2.05) is 19.4 Å². The molecular formula is C10H16N4S. The van der Waals surface area contributed by atoms with Gasteiger partial charge in [0.15, 0.2) is 5.96 Å². The normalized spacial score (nSPS) is 11.5. The van der Waals surface area contributed by atoms with Gasteiger partial charge in [-0.05, 0) is 13.8 Å². The van der Waals surface area contributed by atoms with Crippen molar-refractivity contribution in [3.63, 3.8) is 0 Å². The molecule has 0 radical (unpaired) electrons. The molecule has 0 spiro atoms. The molecule has 0 atom stereocenters. The van der Waals surface area contributed by atoms with Gasteiger partial charge in [0.05, 0.1) is 17.7 Å². The minimum atomic E-state index is 0.450. The first-order chi connectivity index (χ1) is 7.09. The van der Waals surface area contributed by atoms with E-state index in [0.29, 0.717) is 19.0 Å². The lowest BCUT2D eigenvalue weighted by molar-refractivity contribution is 0.941. The molecule has 1 aromatic rings. The third kappa shape index (κ3) is 4.12. The van der Waals surface area contributed by atoms with Crippen LogP contribution in [0, 0.1) is 6.92 Å². The number of nitrogens with two attached hydrogens (primary N) is 1. The molecule has 1 aromatic heterocycles. The van der Waals surface area contributed by atoms with E-state index in [2.05, 4.69) is 21.9 Å². The van der Waals surface area contributed by atoms with Crippen LogP contribution in [0.1, 0.15) is 17.5 Å². The topological polar surface area (TPSA) is 63.3 Å². The number of guanidine groups is 1. The predicted molar refractivity (Wildman–Crippen MR) is 65.0 cm³/mol. The van der Waals surface area contributed by atoms with Crippen molar-refractivity contribution in [3.8, 4) is 0 Å². The van der Waals surface area contributed by atoms with Crippen molar-refractivity contribution in [2.24, 2.45) is 10.7 Å². The fraction of sp³-hybridized carbons (Fsp3) is 0.400. The number of hydrogen-bond acceptors (Lipinski definition) is 3. The Morgan fingerprint density at radius 2 is 2.47 bits per heavy atom. The third-order valence-electron chi connectivity index (χ3n) is 1.81. The molecule has 0 saturated heterocycles. The number of aliphatic imine (C=N–C) groups is 1. The van der Waals surface area contributed by atoms with Crippen molar-refractivity contribution < 1.29 is 0 Å². The number of aryl methyl sites for hydroxylation is 1. The summed E-state index contributed by atoms with van der Waals surface area (Å²) >= 11 is 1.60. The van der Waals surface area contributed by atoms with Crippen molar-refractivity contribution in [2.45, 2.75) is 20.4 Å². The smallest absolute Gasteiger partial charge is 0.189 e. The van der Waals surface area contributed by atoms with Crippen LogP contribution in [0.15, 0.2) is 22.7 Å². The number of aromatic nitrogens is 1. The van der Waals surface area contributed by atoms with Gasteiger partial charge in [0, 0.05) is 11.4 Å². The molecule has 4 nitrogen and oxygen atoms in total. The van der Waals surface area contributed by atoms with Crippen LogP contribution in [-0.2, 0) is 6.54 Å². The molecule has 0 unspecified atom stereocenters. The van der Waals surface area contributed by atoms with Gasteiger partial charge >= 0.3 is 0 Å². The van der Waals surface area contributed by atoms with Gasteiger partial charge in [-0.3, -0.25) is 0 Å². The third-order valence-corrected chi connectivity index (χ3v) is 2.73. The quantitative estimate of drug-likeness (QED) is 0.462. The maximum absolute atomic E-state index is 5.67. The average Bonchev–Trinajstić information content (AvgIpc) is 2.58. The summed E-state index contributed by atoms with van der Waals surface area (Å²) in [6.45, 7) is 8.93. The van der Waals surface area contributed by atoms with E-state index in [0.717, 1.165) is 16.1 Å². The second kappa shape index (κ2) is 5.50. The monoisotopic (exact) mass is 224 g/mol. The van der Waals surface area contributed by atoms with Gasteiger partial charge in [0.25, 0.3) is 0 Å². The highest BCUT2D eigenvalue weighted by atomic mass is 32.1. The zero-order valence-corrected chi connectivity index (χ0v) is 9.90. The van der Waals surface area contributed by atoms with E-state index in [-0.39, 0.29) is 0 Å². The summed E-state index contributed by atoms with van der Waals surface area (Å²) in [6, 6.07) is 0. The Kier molecular flexibility index (Phi) is 4.30. The highest BCUT2D eigenvalue weighted by molar-refractivity contribution is 7.09. The van der Waals surface area contributed by atoms with Crippen molar-refractivity contribution in [1.82, 2.24) is 10.3 Å². The minimum absolute atomic E-state index is 0.450. The Labute approximate surface area is 93.9 Å². The Bertz CT molecular complexity index is 367. The lowest BCUT2D eigenvalue weighted by Gasteiger charge is -2.04. The second-order valence-corrected chi connectivity index (χ2v) is 4.31. The maximum atomic E-state index is 5.67. The highest BCUT2D eigenvalue weighted by Crippen LogP contribution is 2.12. The molecule has 0 fully saturated rings. The van der Waals surface area contributed by atoms with E-state index in [9.17, 15) is 0 Å². The fourth-order valence-corrected chi connectivity index (χ4v) is 1.63. The fourth-order valence-electron chi connectivity index (χ4n) is 0.932.